The smallest absolute Gasteiger partial charge is 0.166 e. The standard InChI is InChI=1S/C11H12BrFO3/c12-8-1-2-10(9(13)7-8)14-4-3-11-15-5-6-16-11/h1-2,7,11H,3-6H2. The Morgan fingerprint density at radius 2 is 2.12 bits per heavy atom. The van der Waals surface area contributed by atoms with Gasteiger partial charge in [0.15, 0.2) is 17.9 Å². The van der Waals surface area contributed by atoms with Gasteiger partial charge >= 0.3 is 0 Å². The number of ether oxygens (including phenoxy) is 3. The van der Waals surface area contributed by atoms with Crippen molar-refractivity contribution in [3.8, 4) is 5.75 Å². The first-order chi connectivity index (χ1) is 7.75. The Kier molecular flexibility index (Phi) is 4.15. The summed E-state index contributed by atoms with van der Waals surface area (Å²) in [7, 11) is 0. The zero-order chi connectivity index (χ0) is 11.4. The van der Waals surface area contributed by atoms with Crippen LogP contribution in [0.3, 0.4) is 0 Å². The van der Waals surface area contributed by atoms with Crippen LogP contribution < -0.4 is 4.74 Å². The third-order valence-electron chi connectivity index (χ3n) is 2.20. The molecule has 1 aliphatic rings. The van der Waals surface area contributed by atoms with Gasteiger partial charge in [0.2, 0.25) is 0 Å². The van der Waals surface area contributed by atoms with Gasteiger partial charge in [0, 0.05) is 10.9 Å². The van der Waals surface area contributed by atoms with Crippen molar-refractivity contribution >= 4 is 15.9 Å². The van der Waals surface area contributed by atoms with Crippen LogP contribution in [0.5, 0.6) is 5.75 Å². The SMILES string of the molecule is Fc1cc(Br)ccc1OCCC1OCCO1. The van der Waals surface area contributed by atoms with Crippen molar-refractivity contribution in [1.29, 1.82) is 0 Å². The van der Waals surface area contributed by atoms with Crippen molar-refractivity contribution in [3.63, 3.8) is 0 Å². The molecule has 0 saturated carbocycles. The molecular formula is C11H12BrFO3. The molecule has 0 aliphatic carbocycles. The fourth-order valence-electron chi connectivity index (χ4n) is 1.43. The van der Waals surface area contributed by atoms with Crippen LogP contribution in [0.15, 0.2) is 22.7 Å². The third-order valence-corrected chi connectivity index (χ3v) is 2.69. The molecule has 1 heterocycles. The first-order valence-corrected chi connectivity index (χ1v) is 5.86. The average Bonchev–Trinajstić information content (AvgIpc) is 2.74. The van der Waals surface area contributed by atoms with Crippen LogP contribution in [0.4, 0.5) is 4.39 Å². The molecule has 3 nitrogen and oxygen atoms in total. The Morgan fingerprint density at radius 3 is 2.81 bits per heavy atom. The van der Waals surface area contributed by atoms with Gasteiger partial charge in [-0.05, 0) is 18.2 Å². The van der Waals surface area contributed by atoms with E-state index in [0.29, 0.717) is 30.7 Å². The van der Waals surface area contributed by atoms with Crippen LogP contribution >= 0.6 is 15.9 Å². The van der Waals surface area contributed by atoms with Gasteiger partial charge in [-0.2, -0.15) is 0 Å². The summed E-state index contributed by atoms with van der Waals surface area (Å²) in [5, 5.41) is 0. The number of rotatable bonds is 4. The lowest BCUT2D eigenvalue weighted by Crippen LogP contribution is -2.13. The third kappa shape index (κ3) is 3.17. The minimum Gasteiger partial charge on any atom is -0.490 e. The Balaban J connectivity index is 1.80. The quantitative estimate of drug-likeness (QED) is 0.853. The lowest BCUT2D eigenvalue weighted by Gasteiger charge is -2.10. The van der Waals surface area contributed by atoms with E-state index in [1.165, 1.54) is 6.07 Å². The lowest BCUT2D eigenvalue weighted by atomic mass is 10.3. The zero-order valence-electron chi connectivity index (χ0n) is 8.62. The molecule has 0 spiro atoms. The number of hydrogen-bond acceptors (Lipinski definition) is 3. The van der Waals surface area contributed by atoms with Crippen LogP contribution in [-0.4, -0.2) is 26.1 Å². The van der Waals surface area contributed by atoms with E-state index in [1.807, 2.05) is 0 Å². The predicted octanol–water partition coefficient (Wildman–Crippen LogP) is 2.73. The molecule has 1 fully saturated rings. The van der Waals surface area contributed by atoms with Crippen molar-refractivity contribution < 1.29 is 18.6 Å². The normalized spacial score (nSPS) is 16.6. The van der Waals surface area contributed by atoms with Gasteiger partial charge in [-0.25, -0.2) is 4.39 Å². The zero-order valence-corrected chi connectivity index (χ0v) is 10.2. The molecule has 5 heteroatoms. The highest BCUT2D eigenvalue weighted by molar-refractivity contribution is 9.10. The van der Waals surface area contributed by atoms with Crippen LogP contribution in [0, 0.1) is 5.82 Å². The molecular weight excluding hydrogens is 279 g/mol. The Bertz CT molecular complexity index is 353. The number of benzene rings is 1. The predicted molar refractivity (Wildman–Crippen MR) is 59.9 cm³/mol. The summed E-state index contributed by atoms with van der Waals surface area (Å²) in [6.07, 6.45) is 0.397. The van der Waals surface area contributed by atoms with E-state index < -0.39 is 0 Å². The summed E-state index contributed by atoms with van der Waals surface area (Å²) >= 11 is 3.18. The second-order valence-corrected chi connectivity index (χ2v) is 4.30. The van der Waals surface area contributed by atoms with Crippen molar-refractivity contribution in [2.45, 2.75) is 12.7 Å². The Labute approximate surface area is 102 Å². The molecule has 88 valence electrons. The van der Waals surface area contributed by atoms with Gasteiger partial charge in [-0.15, -0.1) is 0 Å². The minimum atomic E-state index is -0.373. The first kappa shape index (κ1) is 11.8. The summed E-state index contributed by atoms with van der Waals surface area (Å²) in [6, 6.07) is 4.70. The van der Waals surface area contributed by atoms with E-state index in [-0.39, 0.29) is 17.9 Å². The molecule has 0 unspecified atom stereocenters. The van der Waals surface area contributed by atoms with Crippen LogP contribution in [-0.2, 0) is 9.47 Å². The highest BCUT2D eigenvalue weighted by atomic mass is 79.9. The minimum absolute atomic E-state index is 0.210. The van der Waals surface area contributed by atoms with Gasteiger partial charge in [0.05, 0.1) is 19.8 Å². The van der Waals surface area contributed by atoms with Gasteiger partial charge in [-0.1, -0.05) is 15.9 Å². The molecule has 0 aromatic heterocycles. The summed E-state index contributed by atoms with van der Waals surface area (Å²) in [5.74, 6) is -0.121. The van der Waals surface area contributed by atoms with Crippen molar-refractivity contribution in [1.82, 2.24) is 0 Å². The fourth-order valence-corrected chi connectivity index (χ4v) is 1.76. The largest absolute Gasteiger partial charge is 0.490 e. The Morgan fingerprint density at radius 1 is 1.38 bits per heavy atom. The maximum atomic E-state index is 13.3. The van der Waals surface area contributed by atoms with E-state index in [0.717, 1.165) is 0 Å². The van der Waals surface area contributed by atoms with E-state index in [2.05, 4.69) is 15.9 Å². The molecule has 16 heavy (non-hydrogen) atoms. The fraction of sp³-hybridized carbons (Fsp3) is 0.455. The molecule has 1 saturated heterocycles. The van der Waals surface area contributed by atoms with Crippen LogP contribution in [0.1, 0.15) is 6.42 Å². The van der Waals surface area contributed by atoms with Gasteiger partial charge in [-0.3, -0.25) is 0 Å². The summed E-state index contributed by atoms with van der Waals surface area (Å²) in [6.45, 7) is 1.62. The van der Waals surface area contributed by atoms with E-state index in [9.17, 15) is 4.39 Å². The maximum Gasteiger partial charge on any atom is 0.166 e. The molecule has 1 aromatic rings. The van der Waals surface area contributed by atoms with E-state index in [1.54, 1.807) is 12.1 Å². The Hall–Kier alpha value is -0.650. The molecule has 2 rings (SSSR count). The van der Waals surface area contributed by atoms with E-state index >= 15 is 0 Å². The highest BCUT2D eigenvalue weighted by Gasteiger charge is 2.15. The van der Waals surface area contributed by atoms with Crippen LogP contribution in [0.25, 0.3) is 0 Å². The molecule has 0 amide bonds. The van der Waals surface area contributed by atoms with Crippen molar-refractivity contribution in [2.75, 3.05) is 19.8 Å². The molecule has 0 bridgehead atoms. The molecule has 0 radical (unpaired) electrons. The molecule has 0 atom stereocenters. The van der Waals surface area contributed by atoms with Gasteiger partial charge in [0.1, 0.15) is 0 Å². The molecule has 1 aliphatic heterocycles. The van der Waals surface area contributed by atoms with E-state index in [4.69, 9.17) is 14.2 Å². The molecule has 1 aromatic carbocycles. The summed E-state index contributed by atoms with van der Waals surface area (Å²) in [5.41, 5.74) is 0. The second-order valence-electron chi connectivity index (χ2n) is 3.38. The second kappa shape index (κ2) is 5.61. The van der Waals surface area contributed by atoms with Crippen molar-refractivity contribution in [2.24, 2.45) is 0 Å². The average molecular weight is 291 g/mol. The van der Waals surface area contributed by atoms with Gasteiger partial charge < -0.3 is 14.2 Å². The maximum absolute atomic E-state index is 13.3. The van der Waals surface area contributed by atoms with Crippen LogP contribution in [0.2, 0.25) is 0 Å². The topological polar surface area (TPSA) is 27.7 Å². The summed E-state index contributed by atoms with van der Waals surface area (Å²) < 4.78 is 29.8. The number of hydrogen-bond donors (Lipinski definition) is 0. The highest BCUT2D eigenvalue weighted by Crippen LogP contribution is 2.21. The lowest BCUT2D eigenvalue weighted by molar-refractivity contribution is -0.0533. The van der Waals surface area contributed by atoms with Gasteiger partial charge in [0.25, 0.3) is 0 Å². The molecule has 0 N–H and O–H groups in total. The summed E-state index contributed by atoms with van der Waals surface area (Å²) in [4.78, 5) is 0. The van der Waals surface area contributed by atoms with Crippen molar-refractivity contribution in [3.05, 3.63) is 28.5 Å². The number of halogens is 2. The monoisotopic (exact) mass is 290 g/mol. The first-order valence-electron chi connectivity index (χ1n) is 5.07.